The van der Waals surface area contributed by atoms with E-state index >= 15 is 0 Å². The lowest BCUT2D eigenvalue weighted by Gasteiger charge is -2.22. The second-order valence-corrected chi connectivity index (χ2v) is 4.88. The second kappa shape index (κ2) is 5.64. The van der Waals surface area contributed by atoms with Crippen molar-refractivity contribution in [2.45, 2.75) is 39.4 Å². The van der Waals surface area contributed by atoms with Gasteiger partial charge in [-0.05, 0) is 49.7 Å². The van der Waals surface area contributed by atoms with E-state index in [-0.39, 0.29) is 5.75 Å². The molecular weight excluding hydrogens is 252 g/mol. The van der Waals surface area contributed by atoms with E-state index in [0.717, 1.165) is 0 Å². The van der Waals surface area contributed by atoms with Crippen molar-refractivity contribution in [3.8, 4) is 5.75 Å². The molecule has 19 heavy (non-hydrogen) atoms. The predicted molar refractivity (Wildman–Crippen MR) is 66.8 cm³/mol. The van der Waals surface area contributed by atoms with Gasteiger partial charge in [-0.2, -0.15) is 0 Å². The van der Waals surface area contributed by atoms with Crippen molar-refractivity contribution in [3.05, 3.63) is 28.4 Å². The summed E-state index contributed by atoms with van der Waals surface area (Å²) in [6.07, 6.45) is 0.325. The monoisotopic (exact) mass is 268 g/mol. The number of carbonyl (C=O) groups is 1. The van der Waals surface area contributed by atoms with E-state index in [2.05, 4.69) is 4.98 Å². The maximum Gasteiger partial charge on any atom is 0.406 e. The van der Waals surface area contributed by atoms with Gasteiger partial charge in [-0.15, -0.1) is 0 Å². The molecule has 0 radical (unpaired) electrons. The van der Waals surface area contributed by atoms with E-state index in [0.29, 0.717) is 0 Å². The van der Waals surface area contributed by atoms with Crippen molar-refractivity contribution < 1.29 is 19.2 Å². The highest BCUT2D eigenvalue weighted by atomic mass is 16.6. The molecule has 1 atom stereocenters. The number of carbonyl (C=O) groups excluding carboxylic acids is 1. The summed E-state index contributed by atoms with van der Waals surface area (Å²) in [6.45, 7) is 6.64. The first-order valence-corrected chi connectivity index (χ1v) is 5.69. The van der Waals surface area contributed by atoms with E-state index in [9.17, 15) is 14.9 Å². The first kappa shape index (κ1) is 14.9. The van der Waals surface area contributed by atoms with Gasteiger partial charge in [0.1, 0.15) is 11.8 Å². The highest BCUT2D eigenvalue weighted by molar-refractivity contribution is 5.75. The van der Waals surface area contributed by atoms with Gasteiger partial charge in [0.05, 0.1) is 0 Å². The van der Waals surface area contributed by atoms with Crippen LogP contribution in [0.2, 0.25) is 0 Å². The van der Waals surface area contributed by atoms with Crippen LogP contribution in [0.5, 0.6) is 5.75 Å². The Morgan fingerprint density at radius 1 is 1.47 bits per heavy atom. The van der Waals surface area contributed by atoms with Crippen LogP contribution in [-0.2, 0) is 9.53 Å². The van der Waals surface area contributed by atoms with Gasteiger partial charge in [0.25, 0.3) is 0 Å². The molecule has 1 aromatic heterocycles. The van der Waals surface area contributed by atoms with Crippen LogP contribution in [0, 0.1) is 10.1 Å². The van der Waals surface area contributed by atoms with Gasteiger partial charge < -0.3 is 19.6 Å². The molecule has 1 heterocycles. The van der Waals surface area contributed by atoms with Crippen molar-refractivity contribution in [1.29, 1.82) is 0 Å². The third kappa shape index (κ3) is 4.53. The van der Waals surface area contributed by atoms with Gasteiger partial charge in [0, 0.05) is 0 Å². The smallest absolute Gasteiger partial charge is 0.406 e. The Labute approximate surface area is 110 Å². The normalized spacial score (nSPS) is 12.6. The van der Waals surface area contributed by atoms with Crippen LogP contribution in [0.4, 0.5) is 5.82 Å². The lowest BCUT2D eigenvalue weighted by molar-refractivity contribution is -0.390. The number of hydrogen-bond acceptors (Lipinski definition) is 6. The Hall–Kier alpha value is -2.18. The number of nitro groups is 1. The summed E-state index contributed by atoms with van der Waals surface area (Å²) >= 11 is 0. The van der Waals surface area contributed by atoms with Gasteiger partial charge in [-0.1, -0.05) is 0 Å². The predicted octanol–water partition coefficient (Wildman–Crippen LogP) is 2.10. The second-order valence-electron chi connectivity index (χ2n) is 4.88. The molecule has 0 aliphatic heterocycles. The van der Waals surface area contributed by atoms with E-state index in [1.165, 1.54) is 25.3 Å². The van der Waals surface area contributed by atoms with E-state index in [1.807, 2.05) is 0 Å². The van der Waals surface area contributed by atoms with Gasteiger partial charge in [-0.3, -0.25) is 0 Å². The molecule has 0 amide bonds. The van der Waals surface area contributed by atoms with Crippen LogP contribution in [0.3, 0.4) is 0 Å². The molecule has 0 aliphatic carbocycles. The molecule has 0 saturated heterocycles. The lowest BCUT2D eigenvalue weighted by Crippen LogP contribution is -2.33. The number of ether oxygens (including phenoxy) is 2. The van der Waals surface area contributed by atoms with Gasteiger partial charge >= 0.3 is 11.8 Å². The summed E-state index contributed by atoms with van der Waals surface area (Å²) in [5.74, 6) is -1.09. The summed E-state index contributed by atoms with van der Waals surface area (Å²) in [5, 5.41) is 10.7. The van der Waals surface area contributed by atoms with E-state index in [1.54, 1.807) is 20.8 Å². The van der Waals surface area contributed by atoms with Crippen LogP contribution >= 0.6 is 0 Å². The lowest BCUT2D eigenvalue weighted by atomic mass is 10.2. The average Bonchev–Trinajstić information content (AvgIpc) is 2.27. The fraction of sp³-hybridized carbons (Fsp3) is 0.500. The van der Waals surface area contributed by atoms with Crippen molar-refractivity contribution in [3.63, 3.8) is 0 Å². The highest BCUT2D eigenvalue weighted by Crippen LogP contribution is 2.24. The molecule has 0 N–H and O–H groups in total. The molecule has 0 saturated carbocycles. The van der Waals surface area contributed by atoms with Gasteiger partial charge in [-0.25, -0.2) is 4.79 Å². The van der Waals surface area contributed by atoms with Crippen LogP contribution in [0.1, 0.15) is 27.7 Å². The molecule has 0 aromatic carbocycles. The van der Waals surface area contributed by atoms with Gasteiger partial charge in [0.2, 0.25) is 5.75 Å². The van der Waals surface area contributed by atoms with Crippen LogP contribution in [0.15, 0.2) is 18.3 Å². The summed E-state index contributed by atoms with van der Waals surface area (Å²) in [5.41, 5.74) is -0.643. The maximum atomic E-state index is 11.7. The molecule has 1 rings (SSSR count). The third-order valence-electron chi connectivity index (χ3n) is 1.97. The van der Waals surface area contributed by atoms with Crippen LogP contribution in [-0.4, -0.2) is 27.6 Å². The standard InChI is InChI=1S/C12H16N2O5/c1-8(11(15)19-12(2,3)4)18-9-6-5-7-13-10(9)14(16)17/h5-8H,1-4H3. The molecule has 0 spiro atoms. The average molecular weight is 268 g/mol. The van der Waals surface area contributed by atoms with Crippen molar-refractivity contribution in [1.82, 2.24) is 4.98 Å². The van der Waals surface area contributed by atoms with Gasteiger partial charge in [0.15, 0.2) is 6.10 Å². The highest BCUT2D eigenvalue weighted by Gasteiger charge is 2.26. The summed E-state index contributed by atoms with van der Waals surface area (Å²) in [4.78, 5) is 25.4. The zero-order valence-electron chi connectivity index (χ0n) is 11.2. The Bertz CT molecular complexity index is 481. The van der Waals surface area contributed by atoms with Crippen molar-refractivity contribution in [2.75, 3.05) is 0 Å². The van der Waals surface area contributed by atoms with Crippen LogP contribution in [0.25, 0.3) is 0 Å². The number of pyridine rings is 1. The molecule has 1 unspecified atom stereocenters. The van der Waals surface area contributed by atoms with E-state index in [4.69, 9.17) is 9.47 Å². The fourth-order valence-corrected chi connectivity index (χ4v) is 1.23. The molecular formula is C12H16N2O5. The maximum absolute atomic E-state index is 11.7. The minimum absolute atomic E-state index is 0.0640. The number of esters is 1. The molecule has 7 nitrogen and oxygen atoms in total. The molecule has 7 heteroatoms. The number of nitrogens with zero attached hydrogens (tertiary/aromatic N) is 2. The summed E-state index contributed by atoms with van der Waals surface area (Å²) in [7, 11) is 0. The molecule has 0 fully saturated rings. The number of rotatable bonds is 4. The summed E-state index contributed by atoms with van der Waals surface area (Å²) < 4.78 is 10.4. The molecule has 1 aromatic rings. The third-order valence-corrected chi connectivity index (χ3v) is 1.97. The first-order valence-electron chi connectivity index (χ1n) is 5.69. The minimum atomic E-state index is -0.956. The first-order chi connectivity index (χ1) is 8.70. The van der Waals surface area contributed by atoms with Crippen molar-refractivity contribution in [2.24, 2.45) is 0 Å². The Morgan fingerprint density at radius 2 is 2.11 bits per heavy atom. The number of hydrogen-bond donors (Lipinski definition) is 0. The molecule has 0 bridgehead atoms. The Balaban J connectivity index is 2.80. The fourth-order valence-electron chi connectivity index (χ4n) is 1.23. The Morgan fingerprint density at radius 3 is 2.63 bits per heavy atom. The topological polar surface area (TPSA) is 91.6 Å². The largest absolute Gasteiger partial charge is 0.471 e. The zero-order valence-corrected chi connectivity index (χ0v) is 11.2. The molecule has 104 valence electrons. The molecule has 0 aliphatic rings. The Kier molecular flexibility index (Phi) is 4.42. The zero-order chi connectivity index (χ0) is 14.6. The summed E-state index contributed by atoms with van der Waals surface area (Å²) in [6, 6.07) is 2.87. The SMILES string of the molecule is CC(Oc1cccnc1[N+](=O)[O-])C(=O)OC(C)(C)C. The van der Waals surface area contributed by atoms with Crippen molar-refractivity contribution >= 4 is 11.8 Å². The van der Waals surface area contributed by atoms with E-state index < -0.39 is 28.4 Å². The minimum Gasteiger partial charge on any atom is -0.471 e. The quantitative estimate of drug-likeness (QED) is 0.471. The number of aromatic nitrogens is 1. The van der Waals surface area contributed by atoms with Crippen LogP contribution < -0.4 is 4.74 Å².